The molecule has 1 N–H and O–H groups in total. The minimum atomic E-state index is -0.256. The number of anilines is 1. The Labute approximate surface area is 159 Å². The summed E-state index contributed by atoms with van der Waals surface area (Å²) in [6.07, 6.45) is 5.09. The van der Waals surface area contributed by atoms with E-state index >= 15 is 0 Å². The van der Waals surface area contributed by atoms with Crippen LogP contribution in [0.5, 0.6) is 11.6 Å². The van der Waals surface area contributed by atoms with Crippen molar-refractivity contribution in [3.63, 3.8) is 0 Å². The van der Waals surface area contributed by atoms with Crippen LogP contribution in [0.2, 0.25) is 0 Å². The first-order valence-corrected chi connectivity index (χ1v) is 9.02. The van der Waals surface area contributed by atoms with E-state index in [4.69, 9.17) is 4.74 Å². The number of thiazole rings is 1. The number of nitrogens with zero attached hydrogens (tertiary/aromatic N) is 3. The van der Waals surface area contributed by atoms with Gasteiger partial charge in [0.25, 0.3) is 5.91 Å². The zero-order valence-electron chi connectivity index (χ0n) is 14.1. The monoisotopic (exact) mass is 374 g/mol. The van der Waals surface area contributed by atoms with Gasteiger partial charge < -0.3 is 4.74 Å². The van der Waals surface area contributed by atoms with E-state index in [1.165, 1.54) is 11.3 Å². The molecule has 0 radical (unpaired) electrons. The molecule has 0 saturated heterocycles. The molecular formula is C20H14N4O2S. The Kier molecular flexibility index (Phi) is 4.84. The van der Waals surface area contributed by atoms with Crippen LogP contribution in [-0.4, -0.2) is 20.9 Å². The summed E-state index contributed by atoms with van der Waals surface area (Å²) in [6, 6.07) is 16.1. The first-order chi connectivity index (χ1) is 13.3. The number of rotatable bonds is 5. The van der Waals surface area contributed by atoms with Crippen molar-refractivity contribution in [1.82, 2.24) is 15.0 Å². The fraction of sp³-hybridized carbons (Fsp3) is 0. The minimum Gasteiger partial charge on any atom is -0.439 e. The van der Waals surface area contributed by atoms with Gasteiger partial charge in [-0.15, -0.1) is 11.3 Å². The van der Waals surface area contributed by atoms with Gasteiger partial charge in [-0.05, 0) is 36.4 Å². The third-order valence-corrected chi connectivity index (χ3v) is 4.40. The van der Waals surface area contributed by atoms with Gasteiger partial charge in [0.2, 0.25) is 5.88 Å². The molecule has 1 aromatic carbocycles. The molecule has 27 heavy (non-hydrogen) atoms. The highest BCUT2D eigenvalue weighted by molar-refractivity contribution is 7.14. The summed E-state index contributed by atoms with van der Waals surface area (Å²) >= 11 is 1.36. The lowest BCUT2D eigenvalue weighted by Crippen LogP contribution is -2.11. The number of carbonyl (C=O) groups is 1. The highest BCUT2D eigenvalue weighted by Gasteiger charge is 2.11. The zero-order chi connectivity index (χ0) is 18.5. The van der Waals surface area contributed by atoms with E-state index < -0.39 is 0 Å². The Hall–Kier alpha value is -3.58. The molecule has 132 valence electrons. The largest absolute Gasteiger partial charge is 0.439 e. The predicted octanol–water partition coefficient (Wildman–Crippen LogP) is 4.64. The van der Waals surface area contributed by atoms with Crippen LogP contribution in [0.1, 0.15) is 10.4 Å². The summed E-state index contributed by atoms with van der Waals surface area (Å²) < 4.78 is 5.67. The van der Waals surface area contributed by atoms with Crippen LogP contribution < -0.4 is 10.1 Å². The number of hydrogen-bond acceptors (Lipinski definition) is 6. The summed E-state index contributed by atoms with van der Waals surface area (Å²) in [7, 11) is 0. The van der Waals surface area contributed by atoms with Crippen molar-refractivity contribution in [3.05, 3.63) is 84.1 Å². The van der Waals surface area contributed by atoms with Gasteiger partial charge in [-0.1, -0.05) is 12.1 Å². The van der Waals surface area contributed by atoms with Gasteiger partial charge in [0.15, 0.2) is 5.13 Å². The van der Waals surface area contributed by atoms with Gasteiger partial charge in [-0.2, -0.15) is 0 Å². The summed E-state index contributed by atoms with van der Waals surface area (Å²) in [5.74, 6) is 0.751. The molecule has 0 fully saturated rings. The molecule has 0 atom stereocenters. The average molecular weight is 374 g/mol. The van der Waals surface area contributed by atoms with Crippen LogP contribution >= 0.6 is 11.3 Å². The molecule has 0 saturated carbocycles. The molecule has 0 bridgehead atoms. The van der Waals surface area contributed by atoms with Crippen LogP contribution in [0, 0.1) is 0 Å². The van der Waals surface area contributed by atoms with Crippen molar-refractivity contribution >= 4 is 22.4 Å². The minimum absolute atomic E-state index is 0.256. The molecule has 0 aliphatic carbocycles. The van der Waals surface area contributed by atoms with Crippen molar-refractivity contribution in [2.24, 2.45) is 0 Å². The first-order valence-electron chi connectivity index (χ1n) is 8.14. The fourth-order valence-electron chi connectivity index (χ4n) is 2.38. The topological polar surface area (TPSA) is 77.0 Å². The van der Waals surface area contributed by atoms with Crippen molar-refractivity contribution in [2.75, 3.05) is 5.32 Å². The third kappa shape index (κ3) is 4.16. The Morgan fingerprint density at radius 3 is 2.81 bits per heavy atom. The quantitative estimate of drug-likeness (QED) is 0.550. The fourth-order valence-corrected chi connectivity index (χ4v) is 3.09. The van der Waals surface area contributed by atoms with Gasteiger partial charge in [0, 0.05) is 41.2 Å². The maximum Gasteiger partial charge on any atom is 0.257 e. The molecule has 1 amide bonds. The molecule has 7 heteroatoms. The summed E-state index contributed by atoms with van der Waals surface area (Å²) in [6.45, 7) is 0. The first kappa shape index (κ1) is 16.9. The number of nitrogens with one attached hydrogen (secondary N) is 1. The van der Waals surface area contributed by atoms with Crippen LogP contribution in [0.3, 0.4) is 0 Å². The molecule has 0 spiro atoms. The number of carbonyl (C=O) groups excluding carboxylic acids is 1. The molecule has 3 heterocycles. The van der Waals surface area contributed by atoms with Crippen molar-refractivity contribution in [3.8, 4) is 22.9 Å². The number of benzene rings is 1. The van der Waals surface area contributed by atoms with Crippen LogP contribution in [0.15, 0.2) is 78.6 Å². The lowest BCUT2D eigenvalue weighted by Gasteiger charge is -2.06. The maximum absolute atomic E-state index is 12.5. The predicted molar refractivity (Wildman–Crippen MR) is 104 cm³/mol. The van der Waals surface area contributed by atoms with Crippen LogP contribution in [0.4, 0.5) is 5.13 Å². The third-order valence-electron chi connectivity index (χ3n) is 3.64. The normalized spacial score (nSPS) is 10.4. The maximum atomic E-state index is 12.5. The average Bonchev–Trinajstić information content (AvgIpc) is 3.18. The standard InChI is InChI=1S/C20H14N4O2S/c25-19(24-20-23-17(13-27-20)15-6-4-9-21-12-15)14-5-3-7-16(11-14)26-18-8-1-2-10-22-18/h1-13H,(H,23,24,25). The van der Waals surface area contributed by atoms with E-state index in [-0.39, 0.29) is 5.91 Å². The lowest BCUT2D eigenvalue weighted by molar-refractivity contribution is 0.102. The molecule has 0 aliphatic rings. The molecule has 0 aliphatic heterocycles. The summed E-state index contributed by atoms with van der Waals surface area (Å²) in [4.78, 5) is 25.2. The van der Waals surface area contributed by atoms with E-state index in [2.05, 4.69) is 20.3 Å². The molecular weight excluding hydrogens is 360 g/mol. The van der Waals surface area contributed by atoms with E-state index in [0.717, 1.165) is 11.3 Å². The number of hydrogen-bond donors (Lipinski definition) is 1. The Balaban J connectivity index is 1.47. The van der Waals surface area contributed by atoms with Crippen LogP contribution in [0.25, 0.3) is 11.3 Å². The molecule has 4 aromatic rings. The lowest BCUT2D eigenvalue weighted by atomic mass is 10.2. The van der Waals surface area contributed by atoms with Gasteiger partial charge in [0.05, 0.1) is 5.69 Å². The van der Waals surface area contributed by atoms with E-state index in [9.17, 15) is 4.79 Å². The van der Waals surface area contributed by atoms with Crippen molar-refractivity contribution in [2.45, 2.75) is 0 Å². The highest BCUT2D eigenvalue weighted by atomic mass is 32.1. The molecule has 3 aromatic heterocycles. The van der Waals surface area contributed by atoms with Crippen molar-refractivity contribution < 1.29 is 9.53 Å². The molecule has 4 rings (SSSR count). The van der Waals surface area contributed by atoms with Crippen LogP contribution in [-0.2, 0) is 0 Å². The number of amides is 1. The van der Waals surface area contributed by atoms with Gasteiger partial charge in [-0.3, -0.25) is 15.1 Å². The smallest absolute Gasteiger partial charge is 0.257 e. The second-order valence-corrected chi connectivity index (χ2v) is 6.39. The Morgan fingerprint density at radius 1 is 1.04 bits per heavy atom. The highest BCUT2D eigenvalue weighted by Crippen LogP contribution is 2.25. The molecule has 0 unspecified atom stereocenters. The van der Waals surface area contributed by atoms with Crippen molar-refractivity contribution in [1.29, 1.82) is 0 Å². The van der Waals surface area contributed by atoms with Gasteiger partial charge in [-0.25, -0.2) is 9.97 Å². The number of ether oxygens (including phenoxy) is 1. The molecule has 6 nitrogen and oxygen atoms in total. The second kappa shape index (κ2) is 7.76. The zero-order valence-corrected chi connectivity index (χ0v) is 14.9. The second-order valence-electron chi connectivity index (χ2n) is 5.53. The van der Waals surface area contributed by atoms with Gasteiger partial charge >= 0.3 is 0 Å². The summed E-state index contributed by atoms with van der Waals surface area (Å²) in [5.41, 5.74) is 2.15. The SMILES string of the molecule is O=C(Nc1nc(-c2cccnc2)cs1)c1cccc(Oc2ccccn2)c1. The summed E-state index contributed by atoms with van der Waals surface area (Å²) in [5, 5.41) is 5.22. The van der Waals surface area contributed by atoms with E-state index in [1.54, 1.807) is 48.9 Å². The van der Waals surface area contributed by atoms with E-state index in [1.807, 2.05) is 29.6 Å². The number of pyridine rings is 2. The Morgan fingerprint density at radius 2 is 2.00 bits per heavy atom. The van der Waals surface area contributed by atoms with Gasteiger partial charge in [0.1, 0.15) is 5.75 Å². The Bertz CT molecular complexity index is 1050. The van der Waals surface area contributed by atoms with E-state index in [0.29, 0.717) is 22.3 Å². The number of aromatic nitrogens is 3.